The van der Waals surface area contributed by atoms with Gasteiger partial charge in [-0.3, -0.25) is 13.9 Å². The van der Waals surface area contributed by atoms with E-state index in [0.29, 0.717) is 5.69 Å². The summed E-state index contributed by atoms with van der Waals surface area (Å²) in [7, 11) is -2.57. The number of nitrogens with one attached hydrogen (secondary N) is 1. The molecule has 0 bridgehead atoms. The van der Waals surface area contributed by atoms with E-state index in [4.69, 9.17) is 0 Å². The molecule has 0 fully saturated rings. The number of aryl methyl sites for hydroxylation is 2. The zero-order valence-corrected chi connectivity index (χ0v) is 24.3. The summed E-state index contributed by atoms with van der Waals surface area (Å²) < 4.78 is 29.0. The average molecular weight is 570 g/mol. The molecule has 7 nitrogen and oxygen atoms in total. The number of hydrogen-bond acceptors (Lipinski definition) is 4. The number of benzene rings is 4. The summed E-state index contributed by atoms with van der Waals surface area (Å²) in [5.41, 5.74) is 3.95. The van der Waals surface area contributed by atoms with Gasteiger partial charge in [0.2, 0.25) is 11.8 Å². The first kappa shape index (κ1) is 29.6. The van der Waals surface area contributed by atoms with Crippen LogP contribution in [0.15, 0.2) is 114 Å². The number of anilines is 1. The quantitative estimate of drug-likeness (QED) is 0.279. The van der Waals surface area contributed by atoms with Crippen molar-refractivity contribution in [2.75, 3.05) is 17.9 Å². The molecule has 212 valence electrons. The molecule has 2 amide bonds. The molecule has 41 heavy (non-hydrogen) atoms. The van der Waals surface area contributed by atoms with Gasteiger partial charge in [0.1, 0.15) is 12.6 Å². The van der Waals surface area contributed by atoms with E-state index in [1.165, 1.54) is 24.1 Å². The minimum atomic E-state index is -4.11. The van der Waals surface area contributed by atoms with Crippen molar-refractivity contribution >= 4 is 27.5 Å². The van der Waals surface area contributed by atoms with Gasteiger partial charge >= 0.3 is 0 Å². The Labute approximate surface area is 242 Å². The van der Waals surface area contributed by atoms with Gasteiger partial charge in [0.05, 0.1) is 10.6 Å². The lowest BCUT2D eigenvalue weighted by atomic mass is 10.0. The molecule has 8 heteroatoms. The van der Waals surface area contributed by atoms with Crippen LogP contribution < -0.4 is 9.62 Å². The SMILES string of the molecule is CNC(=O)[C@@H](Cc1ccccc1)N(Cc1ccccc1C)C(=O)CN(c1cccc(C)c1)S(=O)(=O)c1ccccc1. The molecule has 0 radical (unpaired) electrons. The molecule has 0 aromatic heterocycles. The lowest BCUT2D eigenvalue weighted by Crippen LogP contribution is -2.53. The molecule has 4 aromatic carbocycles. The zero-order chi connectivity index (χ0) is 29.4. The molecule has 1 N–H and O–H groups in total. The molecular formula is C33H35N3O4S. The fourth-order valence-corrected chi connectivity index (χ4v) is 6.15. The first-order valence-electron chi connectivity index (χ1n) is 13.4. The van der Waals surface area contributed by atoms with Gasteiger partial charge < -0.3 is 10.2 Å². The van der Waals surface area contributed by atoms with Crippen molar-refractivity contribution in [3.05, 3.63) is 131 Å². The van der Waals surface area contributed by atoms with Crippen LogP contribution in [0.4, 0.5) is 5.69 Å². The van der Waals surface area contributed by atoms with Crippen LogP contribution >= 0.6 is 0 Å². The topological polar surface area (TPSA) is 86.8 Å². The largest absolute Gasteiger partial charge is 0.357 e. The van der Waals surface area contributed by atoms with Gasteiger partial charge in [-0.1, -0.05) is 84.9 Å². The Morgan fingerprint density at radius 2 is 1.44 bits per heavy atom. The zero-order valence-electron chi connectivity index (χ0n) is 23.5. The van der Waals surface area contributed by atoms with Crippen LogP contribution in [-0.4, -0.2) is 44.8 Å². The molecule has 0 aliphatic carbocycles. The number of nitrogens with zero attached hydrogens (tertiary/aromatic N) is 2. The smallest absolute Gasteiger partial charge is 0.264 e. The summed E-state index contributed by atoms with van der Waals surface area (Å²) in [5, 5.41) is 2.70. The van der Waals surface area contributed by atoms with E-state index >= 15 is 0 Å². The molecular weight excluding hydrogens is 534 g/mol. The van der Waals surface area contributed by atoms with E-state index in [0.717, 1.165) is 26.6 Å². The minimum absolute atomic E-state index is 0.0758. The Morgan fingerprint density at radius 3 is 2.07 bits per heavy atom. The van der Waals surface area contributed by atoms with E-state index < -0.39 is 28.5 Å². The van der Waals surface area contributed by atoms with Crippen LogP contribution in [0, 0.1) is 13.8 Å². The highest BCUT2D eigenvalue weighted by Crippen LogP contribution is 2.26. The summed E-state index contributed by atoms with van der Waals surface area (Å²) >= 11 is 0. The van der Waals surface area contributed by atoms with Crippen molar-refractivity contribution in [3.63, 3.8) is 0 Å². The first-order chi connectivity index (χ1) is 19.7. The number of amides is 2. The second-order valence-corrected chi connectivity index (χ2v) is 11.8. The summed E-state index contributed by atoms with van der Waals surface area (Å²) in [6.45, 7) is 3.48. The van der Waals surface area contributed by atoms with Crippen LogP contribution in [-0.2, 0) is 32.6 Å². The van der Waals surface area contributed by atoms with Gasteiger partial charge in [0.15, 0.2) is 0 Å². The van der Waals surface area contributed by atoms with Crippen molar-refractivity contribution in [1.82, 2.24) is 10.2 Å². The standard InChI is InChI=1S/C33H35N3O4S/c1-25-13-12-18-29(21-25)36(41(39,40)30-19-8-5-9-20-30)24-32(37)35(23-28-17-11-10-14-26(28)2)31(33(38)34-3)22-27-15-6-4-7-16-27/h4-21,31H,22-24H2,1-3H3,(H,34,38)/t31-/m1/s1. The Morgan fingerprint density at radius 1 is 0.805 bits per heavy atom. The number of likely N-dealkylation sites (N-methyl/N-ethyl adjacent to an activating group) is 1. The maximum absolute atomic E-state index is 14.3. The van der Waals surface area contributed by atoms with E-state index in [1.807, 2.05) is 74.5 Å². The van der Waals surface area contributed by atoms with Crippen molar-refractivity contribution < 1.29 is 18.0 Å². The molecule has 0 heterocycles. The second-order valence-electron chi connectivity index (χ2n) is 9.93. The minimum Gasteiger partial charge on any atom is -0.357 e. The van der Waals surface area contributed by atoms with Crippen molar-refractivity contribution in [2.24, 2.45) is 0 Å². The average Bonchev–Trinajstić information content (AvgIpc) is 2.99. The lowest BCUT2D eigenvalue weighted by molar-refractivity contribution is -0.139. The van der Waals surface area contributed by atoms with Gasteiger partial charge in [-0.2, -0.15) is 0 Å². The lowest BCUT2D eigenvalue weighted by Gasteiger charge is -2.34. The van der Waals surface area contributed by atoms with Crippen LogP contribution in [0.5, 0.6) is 0 Å². The highest BCUT2D eigenvalue weighted by atomic mass is 32.2. The maximum Gasteiger partial charge on any atom is 0.264 e. The fraction of sp³-hybridized carbons (Fsp3) is 0.212. The molecule has 1 atom stereocenters. The van der Waals surface area contributed by atoms with Gasteiger partial charge in [-0.15, -0.1) is 0 Å². The summed E-state index contributed by atoms with van der Waals surface area (Å²) in [6, 6.07) is 31.4. The third-order valence-corrected chi connectivity index (χ3v) is 8.81. The number of carbonyl (C=O) groups is 2. The Balaban J connectivity index is 1.79. The monoisotopic (exact) mass is 569 g/mol. The van der Waals surface area contributed by atoms with Crippen LogP contribution in [0.25, 0.3) is 0 Å². The Bertz CT molecular complexity index is 1590. The number of sulfonamides is 1. The highest BCUT2D eigenvalue weighted by molar-refractivity contribution is 7.92. The molecule has 4 aromatic rings. The van der Waals surface area contributed by atoms with Gasteiger partial charge in [0.25, 0.3) is 10.0 Å². The van der Waals surface area contributed by atoms with Crippen LogP contribution in [0.1, 0.15) is 22.3 Å². The predicted molar refractivity (Wildman–Crippen MR) is 162 cm³/mol. The second kappa shape index (κ2) is 13.3. The van der Waals surface area contributed by atoms with Gasteiger partial charge in [-0.05, 0) is 60.4 Å². The first-order valence-corrected chi connectivity index (χ1v) is 14.9. The summed E-state index contributed by atoms with van der Waals surface area (Å²) in [6.07, 6.45) is 0.272. The van der Waals surface area contributed by atoms with Crippen LogP contribution in [0.3, 0.4) is 0 Å². The number of hydrogen-bond donors (Lipinski definition) is 1. The molecule has 4 rings (SSSR count). The molecule has 0 saturated heterocycles. The van der Waals surface area contributed by atoms with Crippen molar-refractivity contribution in [3.8, 4) is 0 Å². The van der Waals surface area contributed by atoms with Gasteiger partial charge in [-0.25, -0.2) is 8.42 Å². The highest BCUT2D eigenvalue weighted by Gasteiger charge is 2.34. The Hall–Kier alpha value is -4.43. The molecule has 0 spiro atoms. The van der Waals surface area contributed by atoms with Crippen molar-refractivity contribution in [2.45, 2.75) is 37.8 Å². The molecule has 0 aliphatic heterocycles. The van der Waals surface area contributed by atoms with E-state index in [2.05, 4.69) is 5.32 Å². The predicted octanol–water partition coefficient (Wildman–Crippen LogP) is 4.88. The van der Waals surface area contributed by atoms with Crippen LogP contribution in [0.2, 0.25) is 0 Å². The molecule has 0 saturated carbocycles. The third-order valence-electron chi connectivity index (χ3n) is 7.02. The van der Waals surface area contributed by atoms with E-state index in [-0.39, 0.29) is 23.8 Å². The Kier molecular flexibility index (Phi) is 9.57. The normalized spacial score (nSPS) is 11.9. The molecule has 0 unspecified atom stereocenters. The number of rotatable bonds is 11. The van der Waals surface area contributed by atoms with E-state index in [9.17, 15) is 18.0 Å². The fourth-order valence-electron chi connectivity index (χ4n) is 4.72. The summed E-state index contributed by atoms with van der Waals surface area (Å²) in [4.78, 5) is 29.2. The third kappa shape index (κ3) is 7.21. The van der Waals surface area contributed by atoms with Gasteiger partial charge in [0, 0.05) is 20.0 Å². The molecule has 0 aliphatic rings. The van der Waals surface area contributed by atoms with Crippen molar-refractivity contribution in [1.29, 1.82) is 0 Å². The van der Waals surface area contributed by atoms with E-state index in [1.54, 1.807) is 36.4 Å². The number of carbonyl (C=O) groups excluding carboxylic acids is 2. The summed E-state index contributed by atoms with van der Waals surface area (Å²) in [5.74, 6) is -0.817. The maximum atomic E-state index is 14.3.